The van der Waals surface area contributed by atoms with Crippen molar-refractivity contribution in [2.45, 2.75) is 44.1 Å². The summed E-state index contributed by atoms with van der Waals surface area (Å²) in [5.41, 5.74) is 5.00. The Bertz CT molecular complexity index is 355. The van der Waals surface area contributed by atoms with E-state index in [0.717, 1.165) is 6.54 Å². The summed E-state index contributed by atoms with van der Waals surface area (Å²) in [7, 11) is -1.32. The van der Waals surface area contributed by atoms with E-state index in [1.165, 1.54) is 0 Å². The summed E-state index contributed by atoms with van der Waals surface area (Å²) in [6, 6.07) is 0.306. The van der Waals surface area contributed by atoms with E-state index < -0.39 is 18.6 Å². The lowest BCUT2D eigenvalue weighted by molar-refractivity contribution is -0.145. The molecule has 0 spiro atoms. The van der Waals surface area contributed by atoms with Gasteiger partial charge in [0.1, 0.15) is 5.54 Å². The Balaban J connectivity index is 2.09. The van der Waals surface area contributed by atoms with Crippen LogP contribution in [-0.2, 0) is 4.79 Å². The lowest BCUT2D eigenvalue weighted by atomic mass is 9.76. The van der Waals surface area contributed by atoms with E-state index in [9.17, 15) is 9.90 Å². The molecule has 6 N–H and O–H groups in total. The molecule has 0 radical (unpaired) electrons. The number of hydrogen-bond acceptors (Lipinski definition) is 5. The Hall–Kier alpha value is -0.625. The second-order valence-corrected chi connectivity index (χ2v) is 6.09. The van der Waals surface area contributed by atoms with Crippen molar-refractivity contribution < 1.29 is 19.9 Å². The maximum Gasteiger partial charge on any atom is 0.451 e. The molecule has 0 aromatic rings. The van der Waals surface area contributed by atoms with E-state index in [1.807, 2.05) is 0 Å². The number of carboxylic acids is 1. The Kier molecular flexibility index (Phi) is 4.20. The molecule has 1 aliphatic heterocycles. The van der Waals surface area contributed by atoms with Gasteiger partial charge in [0, 0.05) is 6.04 Å². The third-order valence-electron chi connectivity index (χ3n) is 5.00. The molecule has 1 aliphatic carbocycles. The molecule has 0 aromatic heterocycles. The molecule has 0 bridgehead atoms. The van der Waals surface area contributed by atoms with Gasteiger partial charge in [-0.3, -0.25) is 4.79 Å². The Morgan fingerprint density at radius 2 is 2.16 bits per heavy atom. The average molecular weight is 270 g/mol. The molecule has 0 aromatic carbocycles. The van der Waals surface area contributed by atoms with Crippen LogP contribution in [0.4, 0.5) is 0 Å². The van der Waals surface area contributed by atoms with Crippen LogP contribution in [0.1, 0.15) is 26.2 Å². The molecular formula is C12H23BN2O4. The third kappa shape index (κ3) is 2.65. The fourth-order valence-electron chi connectivity index (χ4n) is 3.93. The number of hydrogen-bond donors (Lipinski definition) is 5. The SMILES string of the molecule is C[C@@H]1NCC2[C@H]1CC(N)(C(=O)O)[C@H]2CCCB(O)O. The highest BCUT2D eigenvalue weighted by molar-refractivity contribution is 6.40. The molecule has 19 heavy (non-hydrogen) atoms. The van der Waals surface area contributed by atoms with E-state index in [0.29, 0.717) is 31.2 Å². The van der Waals surface area contributed by atoms with Crippen LogP contribution in [0, 0.1) is 17.8 Å². The molecule has 2 fully saturated rings. The van der Waals surface area contributed by atoms with Crippen LogP contribution in [0.15, 0.2) is 0 Å². The first-order valence-electron chi connectivity index (χ1n) is 6.98. The van der Waals surface area contributed by atoms with Crippen LogP contribution < -0.4 is 11.1 Å². The summed E-state index contributed by atoms with van der Waals surface area (Å²) in [5.74, 6) is -0.424. The van der Waals surface area contributed by atoms with E-state index in [4.69, 9.17) is 15.8 Å². The fourth-order valence-corrected chi connectivity index (χ4v) is 3.93. The van der Waals surface area contributed by atoms with E-state index in [-0.39, 0.29) is 18.2 Å². The summed E-state index contributed by atoms with van der Waals surface area (Å²) in [6.45, 7) is 2.89. The molecule has 2 aliphatic rings. The smallest absolute Gasteiger partial charge is 0.451 e. The zero-order valence-electron chi connectivity index (χ0n) is 11.2. The second-order valence-electron chi connectivity index (χ2n) is 6.09. The van der Waals surface area contributed by atoms with Gasteiger partial charge in [-0.05, 0) is 50.4 Å². The second kappa shape index (κ2) is 5.40. The molecule has 2 unspecified atom stereocenters. The monoisotopic (exact) mass is 270 g/mol. The number of aliphatic carboxylic acids is 1. The van der Waals surface area contributed by atoms with Gasteiger partial charge in [0.15, 0.2) is 0 Å². The highest BCUT2D eigenvalue weighted by atomic mass is 16.4. The topological polar surface area (TPSA) is 116 Å². The Labute approximate surface area is 113 Å². The normalized spacial score (nSPS) is 41.3. The summed E-state index contributed by atoms with van der Waals surface area (Å²) >= 11 is 0. The number of nitrogens with one attached hydrogen (secondary N) is 1. The van der Waals surface area contributed by atoms with Gasteiger partial charge in [-0.2, -0.15) is 0 Å². The van der Waals surface area contributed by atoms with Crippen LogP contribution in [0.25, 0.3) is 0 Å². The van der Waals surface area contributed by atoms with Crippen LogP contribution in [0.5, 0.6) is 0 Å². The zero-order chi connectivity index (χ0) is 14.2. The third-order valence-corrected chi connectivity index (χ3v) is 5.00. The number of nitrogens with two attached hydrogens (primary N) is 1. The highest BCUT2D eigenvalue weighted by Gasteiger charge is 2.58. The van der Waals surface area contributed by atoms with Crippen LogP contribution >= 0.6 is 0 Å². The van der Waals surface area contributed by atoms with Gasteiger partial charge in [0.25, 0.3) is 0 Å². The van der Waals surface area contributed by atoms with Gasteiger partial charge < -0.3 is 26.2 Å². The molecule has 2 rings (SSSR count). The minimum atomic E-state index is -1.32. The lowest BCUT2D eigenvalue weighted by Crippen LogP contribution is -2.53. The van der Waals surface area contributed by atoms with Crippen molar-refractivity contribution in [2.24, 2.45) is 23.5 Å². The van der Waals surface area contributed by atoms with E-state index in [1.54, 1.807) is 0 Å². The van der Waals surface area contributed by atoms with E-state index in [2.05, 4.69) is 12.2 Å². The molecule has 1 saturated carbocycles. The fraction of sp³-hybridized carbons (Fsp3) is 0.917. The van der Waals surface area contributed by atoms with Gasteiger partial charge in [-0.25, -0.2) is 0 Å². The van der Waals surface area contributed by atoms with Crippen molar-refractivity contribution >= 4 is 13.1 Å². The predicted octanol–water partition coefficient (Wildman–Crippen LogP) is -0.734. The van der Waals surface area contributed by atoms with Gasteiger partial charge in [0.05, 0.1) is 0 Å². The zero-order valence-corrected chi connectivity index (χ0v) is 11.2. The van der Waals surface area contributed by atoms with Gasteiger partial charge in [0.2, 0.25) is 0 Å². The molecule has 1 saturated heterocycles. The van der Waals surface area contributed by atoms with Crippen LogP contribution in [-0.4, -0.2) is 46.4 Å². The average Bonchev–Trinajstić information content (AvgIpc) is 2.79. The summed E-state index contributed by atoms with van der Waals surface area (Å²) < 4.78 is 0. The number of rotatable bonds is 5. The summed E-state index contributed by atoms with van der Waals surface area (Å²) in [6.07, 6.45) is 2.00. The minimum Gasteiger partial charge on any atom is -0.480 e. The maximum atomic E-state index is 11.5. The standard InChI is InChI=1S/C12H23BN2O4/c1-7-8-5-12(14,11(16)17)10(9(8)6-15-7)3-2-4-13(18)19/h7-10,15,18-19H,2-6,14H2,1H3,(H,16,17)/t7-,8-,9?,10-,12?/m0/s1. The largest absolute Gasteiger partial charge is 0.480 e. The first-order chi connectivity index (χ1) is 8.86. The number of carboxylic acid groups (broad SMARTS) is 1. The van der Waals surface area contributed by atoms with Crippen molar-refractivity contribution in [1.29, 1.82) is 0 Å². The van der Waals surface area contributed by atoms with Crippen molar-refractivity contribution in [3.8, 4) is 0 Å². The molecule has 5 atom stereocenters. The number of carbonyl (C=O) groups is 1. The molecule has 108 valence electrons. The molecule has 7 heteroatoms. The molecule has 6 nitrogen and oxygen atoms in total. The van der Waals surface area contributed by atoms with Gasteiger partial charge >= 0.3 is 13.1 Å². The quantitative estimate of drug-likeness (QED) is 0.420. The Morgan fingerprint density at radius 1 is 1.47 bits per heavy atom. The van der Waals surface area contributed by atoms with E-state index >= 15 is 0 Å². The summed E-state index contributed by atoms with van der Waals surface area (Å²) in [4.78, 5) is 11.5. The highest BCUT2D eigenvalue weighted by Crippen LogP contribution is 2.49. The van der Waals surface area contributed by atoms with Crippen molar-refractivity contribution in [2.75, 3.05) is 6.54 Å². The predicted molar refractivity (Wildman–Crippen MR) is 71.3 cm³/mol. The van der Waals surface area contributed by atoms with Crippen molar-refractivity contribution in [1.82, 2.24) is 5.32 Å². The first-order valence-corrected chi connectivity index (χ1v) is 6.98. The molecule has 0 amide bonds. The van der Waals surface area contributed by atoms with Crippen molar-refractivity contribution in [3.63, 3.8) is 0 Å². The summed E-state index contributed by atoms with van der Waals surface area (Å²) in [5, 5.41) is 30.6. The van der Waals surface area contributed by atoms with Crippen molar-refractivity contribution in [3.05, 3.63) is 0 Å². The lowest BCUT2D eigenvalue weighted by Gasteiger charge is -2.30. The Morgan fingerprint density at radius 3 is 2.74 bits per heavy atom. The van der Waals surface area contributed by atoms with Gasteiger partial charge in [-0.15, -0.1) is 0 Å². The van der Waals surface area contributed by atoms with Crippen LogP contribution in [0.3, 0.4) is 0 Å². The maximum absolute atomic E-state index is 11.5. The van der Waals surface area contributed by atoms with Gasteiger partial charge in [-0.1, -0.05) is 6.42 Å². The number of fused-ring (bicyclic) bond motifs is 1. The van der Waals surface area contributed by atoms with Crippen LogP contribution in [0.2, 0.25) is 6.32 Å². The minimum absolute atomic E-state index is 0.0915. The first kappa shape index (κ1) is 14.8. The molecule has 1 heterocycles. The molecular weight excluding hydrogens is 247 g/mol.